The summed E-state index contributed by atoms with van der Waals surface area (Å²) in [6.45, 7) is 8.62. The summed E-state index contributed by atoms with van der Waals surface area (Å²) in [5, 5.41) is 0. The van der Waals surface area contributed by atoms with Crippen molar-refractivity contribution in [2.45, 2.75) is 27.7 Å². The largest absolute Gasteiger partial charge is 0.0559 e. The molecule has 0 spiro atoms. The summed E-state index contributed by atoms with van der Waals surface area (Å²) in [6, 6.07) is 4.48. The van der Waals surface area contributed by atoms with Gasteiger partial charge in [0.05, 0.1) is 0 Å². The quantitative estimate of drug-likeness (QED) is 0.551. The van der Waals surface area contributed by atoms with E-state index in [2.05, 4.69) is 39.8 Å². The molecule has 0 atom stereocenters. The van der Waals surface area contributed by atoms with E-state index < -0.39 is 0 Å². The van der Waals surface area contributed by atoms with Gasteiger partial charge in [0.25, 0.3) is 0 Å². The molecule has 0 aliphatic heterocycles. The third-order valence-electron chi connectivity index (χ3n) is 2.11. The molecule has 0 saturated heterocycles. The molecule has 1 rings (SSSR count). The van der Waals surface area contributed by atoms with E-state index in [1.165, 1.54) is 22.3 Å². The Hall–Kier alpha value is -0.261. The van der Waals surface area contributed by atoms with E-state index in [0.717, 1.165) is 0 Å². The summed E-state index contributed by atoms with van der Waals surface area (Å²) in [5.41, 5.74) is 5.57. The molecule has 11 heavy (non-hydrogen) atoms. The second-order valence-corrected chi connectivity index (χ2v) is 3.02. The van der Waals surface area contributed by atoms with Crippen molar-refractivity contribution < 1.29 is 17.1 Å². The smallest absolute Gasteiger partial charge is 0 e. The summed E-state index contributed by atoms with van der Waals surface area (Å²) < 4.78 is 0. The van der Waals surface area contributed by atoms with Crippen LogP contribution in [0.1, 0.15) is 22.3 Å². The predicted molar refractivity (Wildman–Crippen MR) is 45.4 cm³/mol. The Morgan fingerprint density at radius 2 is 0.818 bits per heavy atom. The first kappa shape index (κ1) is 10.7. The number of hydrogen-bond acceptors (Lipinski definition) is 0. The van der Waals surface area contributed by atoms with Crippen LogP contribution in [0.15, 0.2) is 12.1 Å². The van der Waals surface area contributed by atoms with Gasteiger partial charge >= 0.3 is 0 Å². The maximum atomic E-state index is 2.24. The Bertz CT molecular complexity index is 201. The Kier molecular flexibility index (Phi) is 3.85. The molecule has 0 N–H and O–H groups in total. The van der Waals surface area contributed by atoms with Gasteiger partial charge in [0.2, 0.25) is 0 Å². The Morgan fingerprint density at radius 1 is 0.636 bits per heavy atom. The van der Waals surface area contributed by atoms with Crippen LogP contribution in [0.2, 0.25) is 0 Å². The van der Waals surface area contributed by atoms with E-state index in [1.54, 1.807) is 0 Å². The molecule has 0 nitrogen and oxygen atoms in total. The number of aryl methyl sites for hydroxylation is 4. The SMILES string of the molecule is Cc1cc(C)c(C)cc1C.[Fe]. The average molecular weight is 190 g/mol. The topological polar surface area (TPSA) is 0 Å². The summed E-state index contributed by atoms with van der Waals surface area (Å²) in [6.07, 6.45) is 0. The van der Waals surface area contributed by atoms with Crippen LogP contribution in [-0.4, -0.2) is 0 Å². The fraction of sp³-hybridized carbons (Fsp3) is 0.400. The summed E-state index contributed by atoms with van der Waals surface area (Å²) in [5.74, 6) is 0. The van der Waals surface area contributed by atoms with Gasteiger partial charge in [0.1, 0.15) is 0 Å². The molecule has 0 heterocycles. The second-order valence-electron chi connectivity index (χ2n) is 3.02. The van der Waals surface area contributed by atoms with Crippen LogP contribution < -0.4 is 0 Å². The molecule has 0 fully saturated rings. The van der Waals surface area contributed by atoms with Crippen molar-refractivity contribution in [2.24, 2.45) is 0 Å². The number of rotatable bonds is 0. The van der Waals surface area contributed by atoms with Crippen molar-refractivity contribution in [3.05, 3.63) is 34.4 Å². The molecule has 0 unspecified atom stereocenters. The van der Waals surface area contributed by atoms with Gasteiger partial charge in [-0.1, -0.05) is 12.1 Å². The van der Waals surface area contributed by atoms with Crippen molar-refractivity contribution in [3.63, 3.8) is 0 Å². The zero-order chi connectivity index (χ0) is 7.72. The van der Waals surface area contributed by atoms with E-state index in [4.69, 9.17) is 0 Å². The molecule has 0 bridgehead atoms. The third-order valence-corrected chi connectivity index (χ3v) is 2.11. The second kappa shape index (κ2) is 3.94. The van der Waals surface area contributed by atoms with Crippen LogP contribution in [0.3, 0.4) is 0 Å². The molecule has 1 heteroatoms. The van der Waals surface area contributed by atoms with Gasteiger partial charge in [-0.05, 0) is 49.9 Å². The van der Waals surface area contributed by atoms with Gasteiger partial charge < -0.3 is 0 Å². The average Bonchev–Trinajstić information content (AvgIpc) is 1.84. The van der Waals surface area contributed by atoms with E-state index >= 15 is 0 Å². The van der Waals surface area contributed by atoms with Crippen LogP contribution in [0, 0.1) is 27.7 Å². The van der Waals surface area contributed by atoms with Gasteiger partial charge in [-0.3, -0.25) is 0 Å². The van der Waals surface area contributed by atoms with Gasteiger partial charge in [0.15, 0.2) is 0 Å². The van der Waals surface area contributed by atoms with Crippen molar-refractivity contribution in [1.82, 2.24) is 0 Å². The standard InChI is InChI=1S/C10H14.Fe/c1-7-5-9(3)10(4)6-8(7)2;/h5-6H,1-4H3;. The Labute approximate surface area is 79.5 Å². The molecule has 1 aromatic carbocycles. The minimum atomic E-state index is 0. The van der Waals surface area contributed by atoms with Crippen molar-refractivity contribution in [3.8, 4) is 0 Å². The van der Waals surface area contributed by atoms with Crippen LogP contribution in [0.25, 0.3) is 0 Å². The van der Waals surface area contributed by atoms with Gasteiger partial charge in [-0.15, -0.1) is 0 Å². The van der Waals surface area contributed by atoms with E-state index in [9.17, 15) is 0 Å². The van der Waals surface area contributed by atoms with Crippen molar-refractivity contribution >= 4 is 0 Å². The van der Waals surface area contributed by atoms with E-state index in [0.29, 0.717) is 0 Å². The monoisotopic (exact) mass is 190 g/mol. The first-order valence-electron chi connectivity index (χ1n) is 3.65. The molecule has 0 aliphatic carbocycles. The molecule has 0 aliphatic rings. The van der Waals surface area contributed by atoms with Crippen molar-refractivity contribution in [1.29, 1.82) is 0 Å². The van der Waals surface area contributed by atoms with Crippen LogP contribution in [0.4, 0.5) is 0 Å². The van der Waals surface area contributed by atoms with Crippen LogP contribution in [-0.2, 0) is 17.1 Å². The van der Waals surface area contributed by atoms with Gasteiger partial charge in [-0.25, -0.2) is 0 Å². The minimum absolute atomic E-state index is 0. The molecule has 0 radical (unpaired) electrons. The number of benzene rings is 1. The zero-order valence-electron chi connectivity index (χ0n) is 7.51. The van der Waals surface area contributed by atoms with Crippen molar-refractivity contribution in [2.75, 3.05) is 0 Å². The van der Waals surface area contributed by atoms with Crippen LogP contribution in [0.5, 0.6) is 0 Å². The fourth-order valence-corrected chi connectivity index (χ4v) is 1.10. The molecular formula is C10H14Fe. The maximum Gasteiger partial charge on any atom is 0 e. The van der Waals surface area contributed by atoms with Crippen LogP contribution >= 0.6 is 0 Å². The third kappa shape index (κ3) is 2.35. The summed E-state index contributed by atoms with van der Waals surface area (Å²) in [4.78, 5) is 0. The summed E-state index contributed by atoms with van der Waals surface area (Å²) in [7, 11) is 0. The maximum absolute atomic E-state index is 2.24. The van der Waals surface area contributed by atoms with E-state index in [1.807, 2.05) is 0 Å². The Morgan fingerprint density at radius 3 is 1.00 bits per heavy atom. The van der Waals surface area contributed by atoms with Gasteiger partial charge in [0, 0.05) is 17.1 Å². The molecule has 62 valence electrons. The summed E-state index contributed by atoms with van der Waals surface area (Å²) >= 11 is 0. The fourth-order valence-electron chi connectivity index (χ4n) is 1.10. The zero-order valence-corrected chi connectivity index (χ0v) is 8.61. The molecule has 0 aromatic heterocycles. The molecule has 0 amide bonds. The molecule has 0 saturated carbocycles. The molecular weight excluding hydrogens is 176 g/mol. The normalized spacial score (nSPS) is 9.09. The first-order valence-corrected chi connectivity index (χ1v) is 3.65. The predicted octanol–water partition coefficient (Wildman–Crippen LogP) is 2.92. The van der Waals surface area contributed by atoms with E-state index in [-0.39, 0.29) is 17.1 Å². The van der Waals surface area contributed by atoms with Gasteiger partial charge in [-0.2, -0.15) is 0 Å². The molecule has 1 aromatic rings. The number of hydrogen-bond donors (Lipinski definition) is 0. The first-order chi connectivity index (χ1) is 4.61. The minimum Gasteiger partial charge on any atom is -0.0559 e. The Balaban J connectivity index is 0.000001000.